The molecule has 1 amide bonds. The maximum Gasteiger partial charge on any atom is 0.274 e. The number of rotatable bonds is 4. The molecule has 1 aromatic heterocycles. The van der Waals surface area contributed by atoms with E-state index in [-0.39, 0.29) is 11.1 Å². The number of ether oxygens (including phenoxy) is 1. The second-order valence-corrected chi connectivity index (χ2v) is 5.34. The van der Waals surface area contributed by atoms with Crippen molar-refractivity contribution in [3.05, 3.63) is 76.2 Å². The summed E-state index contributed by atoms with van der Waals surface area (Å²) in [7, 11) is 1.60. The summed E-state index contributed by atoms with van der Waals surface area (Å²) in [5.74, 6) is 0.103. The molecule has 0 aliphatic heterocycles. The molecule has 0 aliphatic carbocycles. The van der Waals surface area contributed by atoms with Gasteiger partial charge in [-0.25, -0.2) is 5.48 Å². The van der Waals surface area contributed by atoms with Gasteiger partial charge in [0.05, 0.1) is 13.7 Å². The molecule has 3 aromatic rings. The van der Waals surface area contributed by atoms with E-state index in [1.165, 1.54) is 6.07 Å². The summed E-state index contributed by atoms with van der Waals surface area (Å²) in [4.78, 5) is 24.2. The molecular formula is C18H16N2O4. The Bertz CT molecular complexity index is 945. The molecule has 0 atom stereocenters. The Morgan fingerprint density at radius 2 is 1.92 bits per heavy atom. The maximum absolute atomic E-state index is 12.7. The van der Waals surface area contributed by atoms with Crippen LogP contribution in [0.2, 0.25) is 0 Å². The van der Waals surface area contributed by atoms with Gasteiger partial charge in [-0.1, -0.05) is 18.2 Å². The molecule has 0 bridgehead atoms. The molecule has 3 rings (SSSR count). The molecule has 0 spiro atoms. The van der Waals surface area contributed by atoms with Gasteiger partial charge < -0.3 is 9.30 Å². The Labute approximate surface area is 137 Å². The van der Waals surface area contributed by atoms with Crippen LogP contribution in [0.3, 0.4) is 0 Å². The van der Waals surface area contributed by atoms with Crippen LogP contribution in [-0.4, -0.2) is 22.8 Å². The number of carbonyl (C=O) groups excluding carboxylic acids is 1. The zero-order valence-corrected chi connectivity index (χ0v) is 13.0. The first-order chi connectivity index (χ1) is 11.6. The summed E-state index contributed by atoms with van der Waals surface area (Å²) in [5, 5.41) is 9.89. The average molecular weight is 324 g/mol. The van der Waals surface area contributed by atoms with Crippen LogP contribution in [0.1, 0.15) is 15.9 Å². The monoisotopic (exact) mass is 324 g/mol. The van der Waals surface area contributed by atoms with Gasteiger partial charge in [-0.15, -0.1) is 0 Å². The smallest absolute Gasteiger partial charge is 0.274 e. The van der Waals surface area contributed by atoms with Crippen LogP contribution in [0.5, 0.6) is 5.75 Å². The fourth-order valence-corrected chi connectivity index (χ4v) is 2.54. The van der Waals surface area contributed by atoms with E-state index in [4.69, 9.17) is 9.94 Å². The Kier molecular flexibility index (Phi) is 4.31. The topological polar surface area (TPSA) is 80.6 Å². The molecule has 24 heavy (non-hydrogen) atoms. The maximum atomic E-state index is 12.7. The van der Waals surface area contributed by atoms with Crippen LogP contribution in [0.15, 0.2) is 59.5 Å². The van der Waals surface area contributed by atoms with Gasteiger partial charge in [0.25, 0.3) is 11.5 Å². The first-order valence-corrected chi connectivity index (χ1v) is 7.33. The summed E-state index contributed by atoms with van der Waals surface area (Å²) in [6.45, 7) is 0.412. The van der Waals surface area contributed by atoms with Crippen LogP contribution in [0.4, 0.5) is 0 Å². The highest BCUT2D eigenvalue weighted by atomic mass is 16.5. The van der Waals surface area contributed by atoms with E-state index in [9.17, 15) is 9.59 Å². The fourth-order valence-electron chi connectivity index (χ4n) is 2.54. The minimum Gasteiger partial charge on any atom is -0.497 e. The molecule has 0 saturated heterocycles. The molecule has 0 fully saturated rings. The lowest BCUT2D eigenvalue weighted by Crippen LogP contribution is -2.22. The third-order valence-electron chi connectivity index (χ3n) is 3.85. The number of aromatic nitrogens is 1. The van der Waals surface area contributed by atoms with Gasteiger partial charge in [0.2, 0.25) is 0 Å². The largest absolute Gasteiger partial charge is 0.497 e. The SMILES string of the molecule is COc1ccc(Cn2ccc3ccc(C(=O)NO)cc3c2=O)cc1. The van der Waals surface area contributed by atoms with Crippen molar-refractivity contribution in [1.82, 2.24) is 10.0 Å². The van der Waals surface area contributed by atoms with Crippen LogP contribution < -0.4 is 15.8 Å². The van der Waals surface area contributed by atoms with Crippen molar-refractivity contribution >= 4 is 16.7 Å². The van der Waals surface area contributed by atoms with Gasteiger partial charge in [0, 0.05) is 17.1 Å². The van der Waals surface area contributed by atoms with Crippen LogP contribution in [-0.2, 0) is 6.54 Å². The zero-order chi connectivity index (χ0) is 17.1. The standard InChI is InChI=1S/C18H16N2O4/c1-24-15-6-2-12(3-7-15)11-20-9-8-13-4-5-14(17(21)19-23)10-16(13)18(20)22/h2-10,23H,11H2,1H3,(H,19,21). The number of nitrogens with one attached hydrogen (secondary N) is 1. The Morgan fingerprint density at radius 3 is 2.58 bits per heavy atom. The predicted octanol–water partition coefficient (Wildman–Crippen LogP) is 2.18. The van der Waals surface area contributed by atoms with Gasteiger partial charge >= 0.3 is 0 Å². The highest BCUT2D eigenvalue weighted by Gasteiger charge is 2.09. The van der Waals surface area contributed by atoms with E-state index in [2.05, 4.69) is 0 Å². The molecule has 0 unspecified atom stereocenters. The van der Waals surface area contributed by atoms with Crippen LogP contribution in [0, 0.1) is 0 Å². The fraction of sp³-hybridized carbons (Fsp3) is 0.111. The van der Waals surface area contributed by atoms with Crippen LogP contribution >= 0.6 is 0 Å². The van der Waals surface area contributed by atoms with Crippen molar-refractivity contribution in [2.45, 2.75) is 6.54 Å². The molecule has 2 aromatic carbocycles. The third kappa shape index (κ3) is 3.00. The van der Waals surface area contributed by atoms with Crippen molar-refractivity contribution in [2.24, 2.45) is 0 Å². The number of hydroxylamine groups is 1. The van der Waals surface area contributed by atoms with E-state index in [0.717, 1.165) is 16.7 Å². The Hall–Kier alpha value is -3.12. The van der Waals surface area contributed by atoms with Crippen LogP contribution in [0.25, 0.3) is 10.8 Å². The summed E-state index contributed by atoms with van der Waals surface area (Å²) < 4.78 is 6.69. The number of pyridine rings is 1. The molecule has 6 heteroatoms. The van der Waals surface area contributed by atoms with E-state index in [1.807, 2.05) is 30.3 Å². The van der Waals surface area contributed by atoms with E-state index >= 15 is 0 Å². The number of methoxy groups -OCH3 is 1. The van der Waals surface area contributed by atoms with Gasteiger partial charge in [0.15, 0.2) is 0 Å². The Balaban J connectivity index is 2.00. The number of amides is 1. The summed E-state index contributed by atoms with van der Waals surface area (Å²) >= 11 is 0. The second kappa shape index (κ2) is 6.55. The minimum absolute atomic E-state index is 0.198. The zero-order valence-electron chi connectivity index (χ0n) is 13.0. The molecular weight excluding hydrogens is 308 g/mol. The van der Waals surface area contributed by atoms with E-state index in [1.54, 1.807) is 35.5 Å². The Morgan fingerprint density at radius 1 is 1.17 bits per heavy atom. The predicted molar refractivity (Wildman–Crippen MR) is 89.6 cm³/mol. The number of benzene rings is 2. The molecule has 1 heterocycles. The van der Waals surface area contributed by atoms with Gasteiger partial charge in [-0.05, 0) is 41.3 Å². The average Bonchev–Trinajstić information content (AvgIpc) is 2.63. The van der Waals surface area contributed by atoms with Crippen molar-refractivity contribution in [3.8, 4) is 5.75 Å². The highest BCUT2D eigenvalue weighted by molar-refractivity contribution is 5.97. The van der Waals surface area contributed by atoms with Crippen molar-refractivity contribution in [3.63, 3.8) is 0 Å². The first-order valence-electron chi connectivity index (χ1n) is 7.33. The quantitative estimate of drug-likeness (QED) is 0.569. The lowest BCUT2D eigenvalue weighted by molar-refractivity contribution is 0.0706. The van der Waals surface area contributed by atoms with Gasteiger partial charge in [-0.2, -0.15) is 0 Å². The third-order valence-corrected chi connectivity index (χ3v) is 3.85. The van der Waals surface area contributed by atoms with Crippen molar-refractivity contribution in [2.75, 3.05) is 7.11 Å². The summed E-state index contributed by atoms with van der Waals surface area (Å²) in [5.41, 5.74) is 2.56. The van der Waals surface area contributed by atoms with Crippen molar-refractivity contribution in [1.29, 1.82) is 0 Å². The summed E-state index contributed by atoms with van der Waals surface area (Å²) in [6, 6.07) is 14.0. The number of carbonyl (C=O) groups is 1. The number of hydrogen-bond donors (Lipinski definition) is 2. The highest BCUT2D eigenvalue weighted by Crippen LogP contribution is 2.15. The first kappa shape index (κ1) is 15.8. The molecule has 0 radical (unpaired) electrons. The number of hydrogen-bond acceptors (Lipinski definition) is 4. The number of fused-ring (bicyclic) bond motifs is 1. The molecule has 0 saturated carbocycles. The molecule has 2 N–H and O–H groups in total. The van der Waals surface area contributed by atoms with E-state index < -0.39 is 5.91 Å². The van der Waals surface area contributed by atoms with Gasteiger partial charge in [0.1, 0.15) is 5.75 Å². The lowest BCUT2D eigenvalue weighted by atomic mass is 10.1. The minimum atomic E-state index is -0.651. The normalized spacial score (nSPS) is 10.6. The molecule has 6 nitrogen and oxygen atoms in total. The summed E-state index contributed by atoms with van der Waals surface area (Å²) in [6.07, 6.45) is 1.72. The second-order valence-electron chi connectivity index (χ2n) is 5.34. The van der Waals surface area contributed by atoms with Crippen molar-refractivity contribution < 1.29 is 14.7 Å². The number of nitrogens with zero attached hydrogens (tertiary/aromatic N) is 1. The van der Waals surface area contributed by atoms with Gasteiger partial charge in [-0.3, -0.25) is 14.8 Å². The van der Waals surface area contributed by atoms with E-state index in [0.29, 0.717) is 11.9 Å². The molecule has 0 aliphatic rings. The lowest BCUT2D eigenvalue weighted by Gasteiger charge is -2.09. The molecule has 122 valence electrons.